The molecular weight excluding hydrogens is 308 g/mol. The lowest BCUT2D eigenvalue weighted by Gasteiger charge is -2.08. The molecule has 0 fully saturated rings. The van der Waals surface area contributed by atoms with Crippen molar-refractivity contribution in [1.29, 1.82) is 0 Å². The molecule has 2 aromatic carbocycles. The highest BCUT2D eigenvalue weighted by atomic mass is 79.9. The monoisotopic (exact) mass is 320 g/mol. The summed E-state index contributed by atoms with van der Waals surface area (Å²) >= 11 is 3.35. The van der Waals surface area contributed by atoms with Gasteiger partial charge in [-0.1, -0.05) is 0 Å². The number of nitrogens with two attached hydrogens (primary N) is 1. The molecule has 0 saturated heterocycles. The minimum absolute atomic E-state index is 0.187. The highest BCUT2D eigenvalue weighted by molar-refractivity contribution is 9.10. The molecule has 19 heavy (non-hydrogen) atoms. The minimum Gasteiger partial charge on any atom is -0.496 e. The first-order chi connectivity index (χ1) is 9.10. The van der Waals surface area contributed by atoms with E-state index in [0.717, 1.165) is 4.47 Å². The van der Waals surface area contributed by atoms with Crippen LogP contribution in [-0.4, -0.2) is 13.0 Å². The third-order valence-electron chi connectivity index (χ3n) is 2.58. The van der Waals surface area contributed by atoms with Crippen molar-refractivity contribution in [3.05, 3.63) is 52.5 Å². The number of benzene rings is 2. The summed E-state index contributed by atoms with van der Waals surface area (Å²) in [6.07, 6.45) is 0. The van der Waals surface area contributed by atoms with E-state index in [4.69, 9.17) is 10.5 Å². The number of amides is 1. The zero-order chi connectivity index (χ0) is 13.8. The van der Waals surface area contributed by atoms with Crippen molar-refractivity contribution < 1.29 is 9.53 Å². The number of nitrogens with one attached hydrogen (secondary N) is 1. The van der Waals surface area contributed by atoms with E-state index < -0.39 is 0 Å². The Morgan fingerprint density at radius 1 is 1.21 bits per heavy atom. The number of carbonyl (C=O) groups excluding carboxylic acids is 1. The number of halogens is 1. The molecule has 0 aliphatic heterocycles. The highest BCUT2D eigenvalue weighted by Crippen LogP contribution is 2.25. The van der Waals surface area contributed by atoms with Crippen molar-refractivity contribution in [1.82, 2.24) is 0 Å². The predicted octanol–water partition coefficient (Wildman–Crippen LogP) is 3.29. The first-order valence-corrected chi connectivity index (χ1v) is 6.40. The lowest BCUT2D eigenvalue weighted by molar-refractivity contribution is 0.102. The summed E-state index contributed by atoms with van der Waals surface area (Å²) in [5.74, 6) is 0.497. The quantitative estimate of drug-likeness (QED) is 0.853. The van der Waals surface area contributed by atoms with Crippen LogP contribution in [0.15, 0.2) is 46.9 Å². The van der Waals surface area contributed by atoms with Gasteiger partial charge < -0.3 is 15.8 Å². The fourth-order valence-corrected chi connectivity index (χ4v) is 2.12. The molecule has 0 heterocycles. The zero-order valence-corrected chi connectivity index (χ0v) is 11.9. The molecule has 2 aromatic rings. The van der Waals surface area contributed by atoms with E-state index in [-0.39, 0.29) is 5.91 Å². The molecule has 2 rings (SSSR count). The van der Waals surface area contributed by atoms with Crippen LogP contribution in [-0.2, 0) is 0 Å². The molecule has 0 aromatic heterocycles. The van der Waals surface area contributed by atoms with E-state index in [1.165, 1.54) is 0 Å². The second-order valence-corrected chi connectivity index (χ2v) is 4.78. The van der Waals surface area contributed by atoms with Crippen LogP contribution in [0.25, 0.3) is 0 Å². The Hall–Kier alpha value is -2.01. The minimum atomic E-state index is -0.187. The molecule has 5 heteroatoms. The van der Waals surface area contributed by atoms with Crippen LogP contribution in [0.5, 0.6) is 5.75 Å². The molecule has 4 nitrogen and oxygen atoms in total. The van der Waals surface area contributed by atoms with Crippen molar-refractivity contribution in [2.24, 2.45) is 0 Å². The summed E-state index contributed by atoms with van der Waals surface area (Å²) in [4.78, 5) is 12.0. The van der Waals surface area contributed by atoms with E-state index in [9.17, 15) is 4.79 Å². The van der Waals surface area contributed by atoms with Gasteiger partial charge >= 0.3 is 0 Å². The van der Waals surface area contributed by atoms with Crippen molar-refractivity contribution in [3.63, 3.8) is 0 Å². The molecule has 0 saturated carbocycles. The van der Waals surface area contributed by atoms with Crippen molar-refractivity contribution >= 4 is 33.2 Å². The third-order valence-corrected chi connectivity index (χ3v) is 3.20. The van der Waals surface area contributed by atoms with Gasteiger partial charge in [0.1, 0.15) is 5.75 Å². The first kappa shape index (κ1) is 13.4. The van der Waals surface area contributed by atoms with Crippen molar-refractivity contribution in [2.45, 2.75) is 0 Å². The molecule has 0 radical (unpaired) electrons. The van der Waals surface area contributed by atoms with Crippen LogP contribution >= 0.6 is 15.9 Å². The summed E-state index contributed by atoms with van der Waals surface area (Å²) < 4.78 is 5.85. The van der Waals surface area contributed by atoms with Crippen LogP contribution in [0.1, 0.15) is 10.4 Å². The second kappa shape index (κ2) is 5.75. The van der Waals surface area contributed by atoms with Gasteiger partial charge in [0.2, 0.25) is 0 Å². The summed E-state index contributed by atoms with van der Waals surface area (Å²) in [6, 6.07) is 12.1. The second-order valence-electron chi connectivity index (χ2n) is 3.93. The van der Waals surface area contributed by atoms with E-state index >= 15 is 0 Å². The fourth-order valence-electron chi connectivity index (χ4n) is 1.58. The van der Waals surface area contributed by atoms with Gasteiger partial charge in [0.15, 0.2) is 0 Å². The standard InChI is InChI=1S/C14H13BrN2O2/c1-19-13-7-2-9(8-12(13)15)14(18)17-11-5-3-10(16)4-6-11/h2-8H,16H2,1H3,(H,17,18). The number of hydrogen-bond acceptors (Lipinski definition) is 3. The summed E-state index contributed by atoms with van der Waals surface area (Å²) in [7, 11) is 1.58. The van der Waals surface area contributed by atoms with E-state index in [1.54, 1.807) is 49.6 Å². The predicted molar refractivity (Wildman–Crippen MR) is 79.5 cm³/mol. The Bertz CT molecular complexity index is 597. The zero-order valence-electron chi connectivity index (χ0n) is 10.3. The molecule has 0 spiro atoms. The molecule has 3 N–H and O–H groups in total. The Morgan fingerprint density at radius 3 is 2.47 bits per heavy atom. The number of rotatable bonds is 3. The van der Waals surface area contributed by atoms with Gasteiger partial charge in [-0.3, -0.25) is 4.79 Å². The lowest BCUT2D eigenvalue weighted by atomic mass is 10.2. The van der Waals surface area contributed by atoms with Gasteiger partial charge in [0.05, 0.1) is 11.6 Å². The van der Waals surface area contributed by atoms with E-state index in [1.807, 2.05) is 0 Å². The summed E-state index contributed by atoms with van der Waals surface area (Å²) in [6.45, 7) is 0. The van der Waals surface area contributed by atoms with Gasteiger partial charge in [-0.25, -0.2) is 0 Å². The number of anilines is 2. The van der Waals surface area contributed by atoms with Crippen LogP contribution in [0.2, 0.25) is 0 Å². The number of ether oxygens (including phenoxy) is 1. The van der Waals surface area contributed by atoms with Crippen LogP contribution < -0.4 is 15.8 Å². The molecule has 0 atom stereocenters. The molecule has 0 aliphatic carbocycles. The maximum atomic E-state index is 12.0. The van der Waals surface area contributed by atoms with Crippen molar-refractivity contribution in [2.75, 3.05) is 18.2 Å². The largest absolute Gasteiger partial charge is 0.496 e. The fraction of sp³-hybridized carbons (Fsp3) is 0.0714. The molecule has 0 bridgehead atoms. The van der Waals surface area contributed by atoms with Gasteiger partial charge in [-0.05, 0) is 58.4 Å². The normalized spacial score (nSPS) is 10.0. The molecular formula is C14H13BrN2O2. The molecule has 98 valence electrons. The van der Waals surface area contributed by atoms with Gasteiger partial charge in [0, 0.05) is 16.9 Å². The average Bonchev–Trinajstić information content (AvgIpc) is 2.41. The first-order valence-electron chi connectivity index (χ1n) is 5.60. The number of nitrogen functional groups attached to an aromatic ring is 1. The van der Waals surface area contributed by atoms with E-state index in [0.29, 0.717) is 22.7 Å². The van der Waals surface area contributed by atoms with Gasteiger partial charge in [-0.2, -0.15) is 0 Å². The van der Waals surface area contributed by atoms with E-state index in [2.05, 4.69) is 21.2 Å². The lowest BCUT2D eigenvalue weighted by Crippen LogP contribution is -2.11. The highest BCUT2D eigenvalue weighted by Gasteiger charge is 2.09. The summed E-state index contributed by atoms with van der Waals surface area (Å²) in [5, 5.41) is 2.79. The summed E-state index contributed by atoms with van der Waals surface area (Å²) in [5.41, 5.74) is 7.49. The Labute approximate surface area is 119 Å². The molecule has 0 aliphatic rings. The average molecular weight is 321 g/mol. The van der Waals surface area contributed by atoms with Crippen LogP contribution in [0.3, 0.4) is 0 Å². The van der Waals surface area contributed by atoms with Gasteiger partial charge in [0.25, 0.3) is 5.91 Å². The van der Waals surface area contributed by atoms with Gasteiger partial charge in [-0.15, -0.1) is 0 Å². The Morgan fingerprint density at radius 2 is 1.89 bits per heavy atom. The van der Waals surface area contributed by atoms with Crippen molar-refractivity contribution in [3.8, 4) is 5.75 Å². The molecule has 0 unspecified atom stereocenters. The SMILES string of the molecule is COc1ccc(C(=O)Nc2ccc(N)cc2)cc1Br. The number of carbonyl (C=O) groups is 1. The maximum absolute atomic E-state index is 12.0. The maximum Gasteiger partial charge on any atom is 0.255 e. The Kier molecular flexibility index (Phi) is 4.06. The third kappa shape index (κ3) is 3.26. The number of methoxy groups -OCH3 is 1. The van der Waals surface area contributed by atoms with Crippen LogP contribution in [0.4, 0.5) is 11.4 Å². The number of hydrogen-bond donors (Lipinski definition) is 2. The topological polar surface area (TPSA) is 64.3 Å². The molecule has 1 amide bonds. The smallest absolute Gasteiger partial charge is 0.255 e. The Balaban J connectivity index is 2.16. The van der Waals surface area contributed by atoms with Crippen LogP contribution in [0, 0.1) is 0 Å².